The van der Waals surface area contributed by atoms with Crippen molar-refractivity contribution < 1.29 is 27.4 Å². The zero-order valence-electron chi connectivity index (χ0n) is 20.2. The quantitative estimate of drug-likeness (QED) is 0.192. The molecule has 0 unspecified atom stereocenters. The second-order valence-corrected chi connectivity index (χ2v) is 9.11. The van der Waals surface area contributed by atoms with Gasteiger partial charge in [-0.05, 0) is 55.0 Å². The summed E-state index contributed by atoms with van der Waals surface area (Å²) in [4.78, 5) is 12.4. The molecule has 0 saturated carbocycles. The Morgan fingerprint density at radius 1 is 1.00 bits per heavy atom. The summed E-state index contributed by atoms with van der Waals surface area (Å²) in [7, 11) is 1.54. The maximum Gasteiger partial charge on any atom is 0.416 e. The predicted octanol–water partition coefficient (Wildman–Crippen LogP) is 6.15. The number of hydrogen-bond donors (Lipinski definition) is 0. The van der Waals surface area contributed by atoms with Crippen LogP contribution < -0.4 is 4.74 Å². The first-order chi connectivity index (χ1) is 17.7. The van der Waals surface area contributed by atoms with E-state index in [4.69, 9.17) is 9.47 Å². The van der Waals surface area contributed by atoms with Gasteiger partial charge in [-0.15, -0.1) is 10.2 Å². The first kappa shape index (κ1) is 26.3. The van der Waals surface area contributed by atoms with E-state index in [-0.39, 0.29) is 23.2 Å². The predicted molar refractivity (Wildman–Crippen MR) is 135 cm³/mol. The molecular formula is C27H24F3N3O3S. The van der Waals surface area contributed by atoms with E-state index in [1.807, 2.05) is 31.2 Å². The molecule has 37 heavy (non-hydrogen) atoms. The lowest BCUT2D eigenvalue weighted by Gasteiger charge is -2.13. The van der Waals surface area contributed by atoms with Crippen LogP contribution in [0.4, 0.5) is 13.2 Å². The molecule has 4 rings (SSSR count). The van der Waals surface area contributed by atoms with Crippen molar-refractivity contribution >= 4 is 17.7 Å². The highest BCUT2D eigenvalue weighted by Crippen LogP contribution is 2.33. The Hall–Kier alpha value is -3.79. The second kappa shape index (κ2) is 11.5. The zero-order valence-corrected chi connectivity index (χ0v) is 21.0. The van der Waals surface area contributed by atoms with E-state index in [1.54, 1.807) is 24.3 Å². The standard InChI is InChI=1S/C27H24F3N3O3S/c1-18-5-3-6-19(15-18)13-14-36-24(34)17-37-26-32-31-25(20-9-11-23(35-2)12-10-20)33(26)22-8-4-7-21(16-22)27(28,29)30/h3-12,15-16H,13-14,17H2,1-2H3. The van der Waals surface area contributed by atoms with Crippen LogP contribution in [-0.2, 0) is 22.1 Å². The molecule has 0 saturated heterocycles. The summed E-state index contributed by atoms with van der Waals surface area (Å²) in [5, 5.41) is 8.65. The van der Waals surface area contributed by atoms with Gasteiger partial charge in [0, 0.05) is 12.0 Å². The lowest BCUT2D eigenvalue weighted by molar-refractivity contribution is -0.140. The van der Waals surface area contributed by atoms with E-state index in [2.05, 4.69) is 10.2 Å². The van der Waals surface area contributed by atoms with Gasteiger partial charge < -0.3 is 9.47 Å². The number of ether oxygens (including phenoxy) is 2. The molecular weight excluding hydrogens is 503 g/mol. The summed E-state index contributed by atoms with van der Waals surface area (Å²) in [6.45, 7) is 2.22. The number of benzene rings is 3. The van der Waals surface area contributed by atoms with Crippen LogP contribution in [0.25, 0.3) is 17.1 Å². The fourth-order valence-corrected chi connectivity index (χ4v) is 4.41. The van der Waals surface area contributed by atoms with Crippen LogP contribution in [0.2, 0.25) is 0 Å². The number of alkyl halides is 3. The van der Waals surface area contributed by atoms with Gasteiger partial charge >= 0.3 is 12.1 Å². The number of rotatable bonds is 9. The van der Waals surface area contributed by atoms with Crippen molar-refractivity contribution in [3.63, 3.8) is 0 Å². The van der Waals surface area contributed by atoms with Crippen LogP contribution in [0.3, 0.4) is 0 Å². The lowest BCUT2D eigenvalue weighted by Crippen LogP contribution is -2.11. The van der Waals surface area contributed by atoms with Gasteiger partial charge in [0.25, 0.3) is 0 Å². The Bertz CT molecular complexity index is 1370. The Morgan fingerprint density at radius 2 is 1.76 bits per heavy atom. The SMILES string of the molecule is COc1ccc(-c2nnc(SCC(=O)OCCc3cccc(C)c3)n2-c2cccc(C(F)(F)F)c2)cc1. The van der Waals surface area contributed by atoms with E-state index in [0.29, 0.717) is 23.6 Å². The topological polar surface area (TPSA) is 66.2 Å². The molecule has 0 aliphatic carbocycles. The van der Waals surface area contributed by atoms with Crippen LogP contribution in [0, 0.1) is 6.92 Å². The smallest absolute Gasteiger partial charge is 0.416 e. The molecule has 3 aromatic carbocycles. The maximum absolute atomic E-state index is 13.4. The molecule has 0 radical (unpaired) electrons. The van der Waals surface area contributed by atoms with Gasteiger partial charge in [0.2, 0.25) is 0 Å². The molecule has 192 valence electrons. The van der Waals surface area contributed by atoms with Crippen molar-refractivity contribution in [2.45, 2.75) is 24.7 Å². The van der Waals surface area contributed by atoms with Gasteiger partial charge in [-0.3, -0.25) is 9.36 Å². The normalized spacial score (nSPS) is 11.4. The van der Waals surface area contributed by atoms with E-state index in [9.17, 15) is 18.0 Å². The monoisotopic (exact) mass is 527 g/mol. The number of carbonyl (C=O) groups excluding carboxylic acids is 1. The first-order valence-corrected chi connectivity index (χ1v) is 12.3. The van der Waals surface area contributed by atoms with Crippen LogP contribution in [0.1, 0.15) is 16.7 Å². The molecule has 0 atom stereocenters. The number of aromatic nitrogens is 3. The van der Waals surface area contributed by atoms with Crippen molar-refractivity contribution in [1.82, 2.24) is 14.8 Å². The van der Waals surface area contributed by atoms with Gasteiger partial charge in [0.15, 0.2) is 11.0 Å². The molecule has 0 amide bonds. The van der Waals surface area contributed by atoms with Gasteiger partial charge in [0.1, 0.15) is 5.75 Å². The molecule has 0 aliphatic heterocycles. The highest BCUT2D eigenvalue weighted by Gasteiger charge is 2.31. The van der Waals surface area contributed by atoms with Gasteiger partial charge in [0.05, 0.1) is 30.7 Å². The Morgan fingerprint density at radius 3 is 2.46 bits per heavy atom. The van der Waals surface area contributed by atoms with Gasteiger partial charge in [-0.2, -0.15) is 13.2 Å². The highest BCUT2D eigenvalue weighted by molar-refractivity contribution is 7.99. The van der Waals surface area contributed by atoms with E-state index >= 15 is 0 Å². The van der Waals surface area contributed by atoms with Crippen molar-refractivity contribution in [3.05, 3.63) is 89.5 Å². The fourth-order valence-electron chi connectivity index (χ4n) is 3.66. The minimum atomic E-state index is -4.52. The Kier molecular flexibility index (Phi) is 8.17. The molecule has 6 nitrogen and oxygen atoms in total. The van der Waals surface area contributed by atoms with Crippen LogP contribution in [0.5, 0.6) is 5.75 Å². The van der Waals surface area contributed by atoms with E-state index in [0.717, 1.165) is 35.0 Å². The van der Waals surface area contributed by atoms with Gasteiger partial charge in [-0.25, -0.2) is 0 Å². The van der Waals surface area contributed by atoms with Crippen molar-refractivity contribution in [2.24, 2.45) is 0 Å². The largest absolute Gasteiger partial charge is 0.497 e. The molecule has 0 spiro atoms. The number of halogens is 3. The Labute approximate surface area is 216 Å². The van der Waals surface area contributed by atoms with Crippen molar-refractivity contribution in [3.8, 4) is 22.8 Å². The summed E-state index contributed by atoms with van der Waals surface area (Å²) >= 11 is 1.04. The molecule has 4 aromatic rings. The van der Waals surface area contributed by atoms with Crippen LogP contribution in [-0.4, -0.2) is 40.2 Å². The number of thioether (sulfide) groups is 1. The summed E-state index contributed by atoms with van der Waals surface area (Å²) in [5.74, 6) is 0.421. The third-order valence-electron chi connectivity index (χ3n) is 5.47. The van der Waals surface area contributed by atoms with Crippen LogP contribution in [0.15, 0.2) is 78.0 Å². The molecule has 0 aliphatic rings. The number of aryl methyl sites for hydroxylation is 1. The minimum absolute atomic E-state index is 0.0759. The maximum atomic E-state index is 13.4. The van der Waals surface area contributed by atoms with Crippen molar-refractivity contribution in [1.29, 1.82) is 0 Å². The summed E-state index contributed by atoms with van der Waals surface area (Å²) < 4.78 is 52.3. The number of esters is 1. The molecule has 0 fully saturated rings. The van der Waals surface area contributed by atoms with E-state index < -0.39 is 17.7 Å². The number of nitrogens with zero attached hydrogens (tertiary/aromatic N) is 3. The minimum Gasteiger partial charge on any atom is -0.497 e. The molecule has 10 heteroatoms. The molecule has 0 bridgehead atoms. The van der Waals surface area contributed by atoms with Crippen LogP contribution >= 0.6 is 11.8 Å². The zero-order chi connectivity index (χ0) is 26.4. The third-order valence-corrected chi connectivity index (χ3v) is 6.37. The third kappa shape index (κ3) is 6.71. The fraction of sp³-hybridized carbons (Fsp3) is 0.222. The highest BCUT2D eigenvalue weighted by atomic mass is 32.2. The van der Waals surface area contributed by atoms with E-state index in [1.165, 1.54) is 23.8 Å². The first-order valence-electron chi connectivity index (χ1n) is 11.4. The molecule has 0 N–H and O–H groups in total. The van der Waals surface area contributed by atoms with Crippen molar-refractivity contribution in [2.75, 3.05) is 19.5 Å². The average molecular weight is 528 g/mol. The number of hydrogen-bond acceptors (Lipinski definition) is 6. The lowest BCUT2D eigenvalue weighted by atomic mass is 10.1. The average Bonchev–Trinajstić information content (AvgIpc) is 3.31. The van der Waals surface area contributed by atoms with Gasteiger partial charge in [-0.1, -0.05) is 47.7 Å². The number of methoxy groups -OCH3 is 1. The molecule has 1 heterocycles. The Balaban J connectivity index is 1.54. The molecule has 1 aromatic heterocycles. The summed E-state index contributed by atoms with van der Waals surface area (Å²) in [6, 6.07) is 19.7. The number of carbonyl (C=O) groups is 1. The summed E-state index contributed by atoms with van der Waals surface area (Å²) in [6.07, 6.45) is -3.93. The second-order valence-electron chi connectivity index (χ2n) is 8.17. The summed E-state index contributed by atoms with van der Waals surface area (Å²) in [5.41, 5.74) is 2.24.